The van der Waals surface area contributed by atoms with E-state index in [1.54, 1.807) is 24.3 Å². The lowest BCUT2D eigenvalue weighted by molar-refractivity contribution is -0.127. The van der Waals surface area contributed by atoms with Gasteiger partial charge in [-0.15, -0.1) is 0 Å². The van der Waals surface area contributed by atoms with E-state index in [0.717, 1.165) is 75.5 Å². The Balaban J connectivity index is 1.44. The van der Waals surface area contributed by atoms with Gasteiger partial charge in [-0.3, -0.25) is 9.59 Å². The molecule has 5 rings (SSSR count). The van der Waals surface area contributed by atoms with Crippen molar-refractivity contribution >= 4 is 45.9 Å². The summed E-state index contributed by atoms with van der Waals surface area (Å²) in [6, 6.07) is 6.60. The minimum absolute atomic E-state index is 0.00993. The van der Waals surface area contributed by atoms with Crippen LogP contribution in [0, 0.1) is 0 Å². The van der Waals surface area contributed by atoms with Gasteiger partial charge in [-0.25, -0.2) is 0 Å². The van der Waals surface area contributed by atoms with Crippen LogP contribution in [0.4, 0.5) is 0 Å². The number of carbonyl (C=O) groups is 2. The first-order valence-corrected chi connectivity index (χ1v) is 12.4. The Morgan fingerprint density at radius 2 is 1.06 bits per heavy atom. The number of phenolic OH excluding ortho intramolecular Hbond substituents is 2. The van der Waals surface area contributed by atoms with Crippen molar-refractivity contribution in [1.82, 2.24) is 9.80 Å². The number of phenols is 2. The van der Waals surface area contributed by atoms with E-state index >= 15 is 0 Å². The summed E-state index contributed by atoms with van der Waals surface area (Å²) in [6.07, 6.45) is 12.6. The van der Waals surface area contributed by atoms with Gasteiger partial charge in [-0.1, -0.05) is 0 Å². The van der Waals surface area contributed by atoms with Gasteiger partial charge < -0.3 is 24.4 Å². The number of fused-ring (bicyclic) bond motifs is 3. The highest BCUT2D eigenvalue weighted by Gasteiger charge is 2.17. The molecule has 3 heterocycles. The molecule has 7 nitrogen and oxygen atoms in total. The van der Waals surface area contributed by atoms with Crippen LogP contribution in [0.5, 0.6) is 11.5 Å². The van der Waals surface area contributed by atoms with E-state index in [0.29, 0.717) is 22.3 Å². The number of rotatable bonds is 4. The Morgan fingerprint density at radius 3 is 1.46 bits per heavy atom. The van der Waals surface area contributed by atoms with Crippen molar-refractivity contribution in [2.45, 2.75) is 38.5 Å². The molecule has 1 aromatic heterocycles. The fourth-order valence-corrected chi connectivity index (χ4v) is 4.91. The third kappa shape index (κ3) is 4.90. The molecule has 2 N–H and O–H groups in total. The standard InChI is InChI=1S/C28H30N2O5/c31-23-17-25-21(15-19(23)7-9-27(33)29-11-3-1-4-12-29)22-16-20(24(32)18-26(22)35-25)8-10-28(34)30-13-5-2-6-14-30/h7-10,15-18,31-32H,1-6,11-14H2. The maximum atomic E-state index is 12.5. The molecule has 2 amide bonds. The summed E-state index contributed by atoms with van der Waals surface area (Å²) in [5.41, 5.74) is 1.97. The fraction of sp³-hybridized carbons (Fsp3) is 0.357. The number of hydrogen-bond donors (Lipinski definition) is 2. The molecule has 2 saturated heterocycles. The van der Waals surface area contributed by atoms with Crippen molar-refractivity contribution in [2.24, 2.45) is 0 Å². The Hall–Kier alpha value is -3.74. The SMILES string of the molecule is O=C(C=Cc1cc2c(cc1O)oc1cc(O)c(C=CC(=O)N3CCCCC3)cc12)N1CCCCC1. The molecular formula is C28H30N2O5. The Morgan fingerprint density at radius 1 is 0.657 bits per heavy atom. The van der Waals surface area contributed by atoms with Crippen LogP contribution in [0.25, 0.3) is 34.1 Å². The number of aromatic hydroxyl groups is 2. The first kappa shape index (κ1) is 23.0. The van der Waals surface area contributed by atoms with Crippen LogP contribution in [-0.4, -0.2) is 58.0 Å². The lowest BCUT2D eigenvalue weighted by Crippen LogP contribution is -2.34. The van der Waals surface area contributed by atoms with Gasteiger partial charge in [0.2, 0.25) is 11.8 Å². The van der Waals surface area contributed by atoms with Crippen LogP contribution >= 0.6 is 0 Å². The van der Waals surface area contributed by atoms with E-state index in [9.17, 15) is 19.8 Å². The number of hydrogen-bond acceptors (Lipinski definition) is 5. The average Bonchev–Trinajstić information content (AvgIpc) is 3.22. The highest BCUT2D eigenvalue weighted by atomic mass is 16.3. The van der Waals surface area contributed by atoms with Crippen LogP contribution in [0.3, 0.4) is 0 Å². The molecule has 3 aromatic rings. The van der Waals surface area contributed by atoms with Crippen molar-refractivity contribution in [2.75, 3.05) is 26.2 Å². The number of piperidine rings is 2. The Kier molecular flexibility index (Phi) is 6.49. The topological polar surface area (TPSA) is 94.2 Å². The van der Waals surface area contributed by atoms with Crippen molar-refractivity contribution in [3.63, 3.8) is 0 Å². The van der Waals surface area contributed by atoms with Gasteiger partial charge in [-0.05, 0) is 62.8 Å². The fourth-order valence-electron chi connectivity index (χ4n) is 4.91. The molecule has 2 fully saturated rings. The molecule has 0 unspecified atom stereocenters. The van der Waals surface area contributed by atoms with E-state index < -0.39 is 0 Å². The molecule has 0 aliphatic carbocycles. The quantitative estimate of drug-likeness (QED) is 0.516. The lowest BCUT2D eigenvalue weighted by atomic mass is 10.0. The summed E-state index contributed by atoms with van der Waals surface area (Å²) in [6.45, 7) is 3.06. The summed E-state index contributed by atoms with van der Waals surface area (Å²) in [7, 11) is 0. The first-order chi connectivity index (χ1) is 17.0. The zero-order valence-electron chi connectivity index (χ0n) is 19.7. The number of carbonyl (C=O) groups excluding carboxylic acids is 2. The van der Waals surface area contributed by atoms with E-state index in [1.807, 2.05) is 9.80 Å². The van der Waals surface area contributed by atoms with Crippen LogP contribution < -0.4 is 0 Å². The average molecular weight is 475 g/mol. The number of likely N-dealkylation sites (tertiary alicyclic amines) is 2. The third-order valence-electron chi connectivity index (χ3n) is 6.91. The van der Waals surface area contributed by atoms with Gasteiger partial charge in [0.25, 0.3) is 0 Å². The molecule has 182 valence electrons. The predicted molar refractivity (Wildman–Crippen MR) is 136 cm³/mol. The molecule has 35 heavy (non-hydrogen) atoms. The van der Waals surface area contributed by atoms with Gasteiger partial charge in [0.15, 0.2) is 0 Å². The smallest absolute Gasteiger partial charge is 0.246 e. The largest absolute Gasteiger partial charge is 0.507 e. The molecule has 0 radical (unpaired) electrons. The van der Waals surface area contributed by atoms with Crippen molar-refractivity contribution in [1.29, 1.82) is 0 Å². The minimum atomic E-state index is -0.0584. The van der Waals surface area contributed by atoms with Gasteiger partial charge in [0, 0.05) is 72.4 Å². The second kappa shape index (κ2) is 9.86. The molecule has 2 aliphatic heterocycles. The highest BCUT2D eigenvalue weighted by Crippen LogP contribution is 2.37. The van der Waals surface area contributed by atoms with E-state index in [-0.39, 0.29) is 23.3 Å². The van der Waals surface area contributed by atoms with Crippen LogP contribution in [0.2, 0.25) is 0 Å². The monoisotopic (exact) mass is 474 g/mol. The van der Waals surface area contributed by atoms with E-state index in [4.69, 9.17) is 4.42 Å². The van der Waals surface area contributed by atoms with E-state index in [1.165, 1.54) is 24.3 Å². The summed E-state index contributed by atoms with van der Waals surface area (Å²) in [4.78, 5) is 28.7. The lowest BCUT2D eigenvalue weighted by Gasteiger charge is -2.25. The number of benzene rings is 2. The predicted octanol–water partition coefficient (Wildman–Crippen LogP) is 5.05. The Labute approximate surface area is 203 Å². The zero-order valence-corrected chi connectivity index (χ0v) is 19.7. The van der Waals surface area contributed by atoms with Crippen molar-refractivity contribution < 1.29 is 24.2 Å². The number of amides is 2. The third-order valence-corrected chi connectivity index (χ3v) is 6.91. The second-order valence-electron chi connectivity index (χ2n) is 9.35. The molecule has 0 saturated carbocycles. The maximum Gasteiger partial charge on any atom is 0.246 e. The molecule has 7 heteroatoms. The molecule has 2 aliphatic rings. The van der Waals surface area contributed by atoms with Gasteiger partial charge >= 0.3 is 0 Å². The molecule has 0 bridgehead atoms. The second-order valence-corrected chi connectivity index (χ2v) is 9.35. The number of furan rings is 1. The molecule has 0 spiro atoms. The summed E-state index contributed by atoms with van der Waals surface area (Å²) < 4.78 is 5.85. The first-order valence-electron chi connectivity index (χ1n) is 12.4. The molecule has 2 aromatic carbocycles. The molecular weight excluding hydrogens is 444 g/mol. The van der Waals surface area contributed by atoms with Crippen LogP contribution in [0.1, 0.15) is 49.7 Å². The van der Waals surface area contributed by atoms with Gasteiger partial charge in [0.05, 0.1) is 0 Å². The maximum absolute atomic E-state index is 12.5. The van der Waals surface area contributed by atoms with Crippen LogP contribution in [0.15, 0.2) is 40.8 Å². The summed E-state index contributed by atoms with van der Waals surface area (Å²) >= 11 is 0. The number of nitrogens with zero attached hydrogens (tertiary/aromatic N) is 2. The Bertz CT molecular complexity index is 1220. The minimum Gasteiger partial charge on any atom is -0.507 e. The normalized spacial score (nSPS) is 17.3. The van der Waals surface area contributed by atoms with Crippen molar-refractivity contribution in [3.8, 4) is 11.5 Å². The zero-order chi connectivity index (χ0) is 24.4. The summed E-state index contributed by atoms with van der Waals surface area (Å²) in [5, 5.41) is 22.5. The van der Waals surface area contributed by atoms with Gasteiger partial charge in [-0.2, -0.15) is 0 Å². The van der Waals surface area contributed by atoms with Gasteiger partial charge in [0.1, 0.15) is 22.7 Å². The van der Waals surface area contributed by atoms with Crippen molar-refractivity contribution in [3.05, 3.63) is 47.5 Å². The van der Waals surface area contributed by atoms with Crippen LogP contribution in [-0.2, 0) is 9.59 Å². The summed E-state index contributed by atoms with van der Waals surface area (Å²) in [5.74, 6) is -0.0969. The highest BCUT2D eigenvalue weighted by molar-refractivity contribution is 6.08. The molecule has 0 atom stereocenters. The van der Waals surface area contributed by atoms with E-state index in [2.05, 4.69) is 0 Å².